The third-order valence-corrected chi connectivity index (χ3v) is 3.61. The largest absolute Gasteiger partial charge is 0.346 e. The van der Waals surface area contributed by atoms with Crippen molar-refractivity contribution in [2.24, 2.45) is 0 Å². The van der Waals surface area contributed by atoms with Crippen molar-refractivity contribution in [2.75, 3.05) is 0 Å². The average Bonchev–Trinajstić information content (AvgIpc) is 3.10. The van der Waals surface area contributed by atoms with E-state index in [1.54, 1.807) is 6.07 Å². The minimum absolute atomic E-state index is 0.197. The second-order valence-corrected chi connectivity index (χ2v) is 5.59. The van der Waals surface area contributed by atoms with Crippen molar-refractivity contribution in [3.05, 3.63) is 64.7 Å². The van der Waals surface area contributed by atoms with E-state index in [-0.39, 0.29) is 5.91 Å². The maximum Gasteiger partial charge on any atom is 0.272 e. The number of nitrogens with zero attached hydrogens (tertiary/aromatic N) is 3. The van der Waals surface area contributed by atoms with E-state index in [1.807, 2.05) is 55.8 Å². The molecule has 3 rings (SSSR count). The molecular formula is C17H19N5O. The molecule has 0 radical (unpaired) electrons. The Kier molecular flexibility index (Phi) is 3.97. The highest BCUT2D eigenvalue weighted by Gasteiger charge is 2.12. The molecule has 0 bridgehead atoms. The van der Waals surface area contributed by atoms with Crippen LogP contribution in [0.2, 0.25) is 0 Å². The lowest BCUT2D eigenvalue weighted by molar-refractivity contribution is 0.0946. The number of aryl methyl sites for hydroxylation is 3. The third-order valence-electron chi connectivity index (χ3n) is 3.61. The van der Waals surface area contributed by atoms with Gasteiger partial charge >= 0.3 is 0 Å². The van der Waals surface area contributed by atoms with Gasteiger partial charge in [-0.3, -0.25) is 9.89 Å². The summed E-state index contributed by atoms with van der Waals surface area (Å²) >= 11 is 0. The fraction of sp³-hybridized carbons (Fsp3) is 0.235. The molecule has 1 aromatic carbocycles. The highest BCUT2D eigenvalue weighted by Crippen LogP contribution is 2.17. The Balaban J connectivity index is 1.81. The molecule has 0 unspecified atom stereocenters. The van der Waals surface area contributed by atoms with Gasteiger partial charge in [0.15, 0.2) is 0 Å². The molecule has 118 valence electrons. The Morgan fingerprint density at radius 3 is 2.65 bits per heavy atom. The van der Waals surface area contributed by atoms with Gasteiger partial charge in [-0.1, -0.05) is 18.2 Å². The third kappa shape index (κ3) is 3.15. The Morgan fingerprint density at radius 2 is 2.00 bits per heavy atom. The lowest BCUT2D eigenvalue weighted by atomic mass is 10.1. The number of para-hydroxylation sites is 1. The Bertz CT molecular complexity index is 846. The van der Waals surface area contributed by atoms with Gasteiger partial charge in [0.05, 0.1) is 11.4 Å². The number of amides is 1. The van der Waals surface area contributed by atoms with Crippen LogP contribution >= 0.6 is 0 Å². The van der Waals surface area contributed by atoms with Crippen LogP contribution in [0.25, 0.3) is 5.69 Å². The summed E-state index contributed by atoms with van der Waals surface area (Å²) in [5, 5.41) is 14.2. The van der Waals surface area contributed by atoms with E-state index in [0.717, 1.165) is 28.3 Å². The molecule has 0 saturated heterocycles. The number of hydrogen-bond donors (Lipinski definition) is 2. The first kappa shape index (κ1) is 15.0. The molecule has 23 heavy (non-hydrogen) atoms. The Hall–Kier alpha value is -2.89. The number of nitrogens with one attached hydrogen (secondary N) is 2. The van der Waals surface area contributed by atoms with Gasteiger partial charge in [0.25, 0.3) is 5.91 Å². The van der Waals surface area contributed by atoms with E-state index in [4.69, 9.17) is 0 Å². The Morgan fingerprint density at radius 1 is 1.22 bits per heavy atom. The second kappa shape index (κ2) is 6.08. The van der Waals surface area contributed by atoms with Crippen LogP contribution in [0, 0.1) is 20.8 Å². The SMILES string of the molecule is Cc1cc(C)n(-c2ccccc2CNC(=O)c2cc(C)[nH]n2)n1. The molecule has 6 heteroatoms. The summed E-state index contributed by atoms with van der Waals surface area (Å²) in [6.07, 6.45) is 0. The summed E-state index contributed by atoms with van der Waals surface area (Å²) in [6, 6.07) is 11.7. The smallest absolute Gasteiger partial charge is 0.272 e. The highest BCUT2D eigenvalue weighted by molar-refractivity contribution is 5.92. The van der Waals surface area contributed by atoms with Crippen molar-refractivity contribution >= 4 is 5.91 Å². The fourth-order valence-corrected chi connectivity index (χ4v) is 2.54. The number of rotatable bonds is 4. The molecule has 0 aliphatic heterocycles. The van der Waals surface area contributed by atoms with Crippen molar-refractivity contribution in [3.63, 3.8) is 0 Å². The van der Waals surface area contributed by atoms with Gasteiger partial charge in [0.1, 0.15) is 5.69 Å². The molecule has 1 amide bonds. The standard InChI is InChI=1S/C17H19N5O/c1-11-9-15(20-19-11)17(23)18-10-14-6-4-5-7-16(14)22-13(3)8-12(2)21-22/h4-9H,10H2,1-3H3,(H,18,23)(H,19,20). The zero-order chi connectivity index (χ0) is 16.4. The molecule has 0 saturated carbocycles. The van der Waals surface area contributed by atoms with Crippen molar-refractivity contribution in [1.82, 2.24) is 25.3 Å². The molecular weight excluding hydrogens is 290 g/mol. The monoisotopic (exact) mass is 309 g/mol. The predicted octanol–water partition coefficient (Wildman–Crippen LogP) is 2.45. The molecule has 0 atom stereocenters. The van der Waals surface area contributed by atoms with Crippen molar-refractivity contribution in [1.29, 1.82) is 0 Å². The van der Waals surface area contributed by atoms with Gasteiger partial charge < -0.3 is 5.32 Å². The molecule has 2 aromatic heterocycles. The molecule has 0 aliphatic rings. The molecule has 6 nitrogen and oxygen atoms in total. The number of benzene rings is 1. The molecule has 2 N–H and O–H groups in total. The summed E-state index contributed by atoms with van der Waals surface area (Å²) in [5.41, 5.74) is 5.25. The first-order valence-corrected chi connectivity index (χ1v) is 7.46. The second-order valence-electron chi connectivity index (χ2n) is 5.59. The summed E-state index contributed by atoms with van der Waals surface area (Å²) in [4.78, 5) is 12.1. The van der Waals surface area contributed by atoms with Crippen LogP contribution in [0.15, 0.2) is 36.4 Å². The van der Waals surface area contributed by atoms with E-state index in [9.17, 15) is 4.79 Å². The number of aromatic amines is 1. The van der Waals surface area contributed by atoms with Crippen molar-refractivity contribution < 1.29 is 4.79 Å². The van der Waals surface area contributed by atoms with Gasteiger partial charge in [-0.05, 0) is 44.5 Å². The average molecular weight is 309 g/mol. The van der Waals surface area contributed by atoms with Crippen LogP contribution in [0.1, 0.15) is 33.1 Å². The topological polar surface area (TPSA) is 75.6 Å². The van der Waals surface area contributed by atoms with E-state index in [1.165, 1.54) is 0 Å². The van der Waals surface area contributed by atoms with Gasteiger partial charge in [-0.25, -0.2) is 4.68 Å². The number of carbonyl (C=O) groups is 1. The van der Waals surface area contributed by atoms with Crippen LogP contribution in [0.5, 0.6) is 0 Å². The van der Waals surface area contributed by atoms with Crippen LogP contribution in [-0.2, 0) is 6.54 Å². The summed E-state index contributed by atoms with van der Waals surface area (Å²) in [5.74, 6) is -0.197. The Labute approximate surface area is 134 Å². The number of carbonyl (C=O) groups excluding carboxylic acids is 1. The predicted molar refractivity (Wildman–Crippen MR) is 87.5 cm³/mol. The van der Waals surface area contributed by atoms with Gasteiger partial charge in [-0.15, -0.1) is 0 Å². The van der Waals surface area contributed by atoms with E-state index in [0.29, 0.717) is 12.2 Å². The van der Waals surface area contributed by atoms with Crippen LogP contribution in [-0.4, -0.2) is 25.9 Å². The van der Waals surface area contributed by atoms with Crippen LogP contribution < -0.4 is 5.32 Å². The summed E-state index contributed by atoms with van der Waals surface area (Å²) in [6.45, 7) is 6.26. The molecule has 0 spiro atoms. The summed E-state index contributed by atoms with van der Waals surface area (Å²) in [7, 11) is 0. The van der Waals surface area contributed by atoms with E-state index < -0.39 is 0 Å². The number of aromatic nitrogens is 4. The van der Waals surface area contributed by atoms with E-state index >= 15 is 0 Å². The zero-order valence-corrected chi connectivity index (χ0v) is 13.4. The molecule has 3 aromatic rings. The van der Waals surface area contributed by atoms with Crippen LogP contribution in [0.4, 0.5) is 0 Å². The normalized spacial score (nSPS) is 10.7. The maximum absolute atomic E-state index is 12.1. The quantitative estimate of drug-likeness (QED) is 0.777. The molecule has 0 fully saturated rings. The zero-order valence-electron chi connectivity index (χ0n) is 13.4. The summed E-state index contributed by atoms with van der Waals surface area (Å²) < 4.78 is 1.90. The number of H-pyrrole nitrogens is 1. The van der Waals surface area contributed by atoms with Crippen LogP contribution in [0.3, 0.4) is 0 Å². The first-order chi connectivity index (χ1) is 11.0. The highest BCUT2D eigenvalue weighted by atomic mass is 16.1. The minimum Gasteiger partial charge on any atom is -0.346 e. The first-order valence-electron chi connectivity index (χ1n) is 7.46. The van der Waals surface area contributed by atoms with Crippen molar-refractivity contribution in [3.8, 4) is 5.69 Å². The lowest BCUT2D eigenvalue weighted by Gasteiger charge is -2.11. The van der Waals surface area contributed by atoms with Gasteiger partial charge in [-0.2, -0.15) is 10.2 Å². The molecule has 0 aliphatic carbocycles. The van der Waals surface area contributed by atoms with E-state index in [2.05, 4.69) is 20.6 Å². The molecule has 2 heterocycles. The number of hydrogen-bond acceptors (Lipinski definition) is 3. The van der Waals surface area contributed by atoms with Gasteiger partial charge in [0, 0.05) is 17.9 Å². The van der Waals surface area contributed by atoms with Crippen molar-refractivity contribution in [2.45, 2.75) is 27.3 Å². The lowest BCUT2D eigenvalue weighted by Crippen LogP contribution is -2.24. The fourth-order valence-electron chi connectivity index (χ4n) is 2.54. The minimum atomic E-state index is -0.197. The maximum atomic E-state index is 12.1. The van der Waals surface area contributed by atoms with Gasteiger partial charge in [0.2, 0.25) is 0 Å².